The maximum absolute atomic E-state index is 13.1. The molecule has 0 amide bonds. The van der Waals surface area contributed by atoms with Crippen LogP contribution in [0.15, 0.2) is 58.1 Å². The molecule has 4 rings (SSSR count). The highest BCUT2D eigenvalue weighted by atomic mass is 79.9. The Morgan fingerprint density at radius 3 is 2.71 bits per heavy atom. The van der Waals surface area contributed by atoms with Crippen LogP contribution in [0.25, 0.3) is 22.4 Å². The number of aryl methyl sites for hydroxylation is 1. The van der Waals surface area contributed by atoms with Crippen LogP contribution in [0.4, 0.5) is 0 Å². The summed E-state index contributed by atoms with van der Waals surface area (Å²) in [5, 5.41) is 0. The van der Waals surface area contributed by atoms with Gasteiger partial charge in [-0.3, -0.25) is 13.8 Å². The molecule has 0 saturated heterocycles. The van der Waals surface area contributed by atoms with E-state index in [-0.39, 0.29) is 5.56 Å². The topological polar surface area (TPSA) is 48.5 Å². The first kappa shape index (κ1) is 15.0. The molecule has 4 aromatic rings. The van der Waals surface area contributed by atoms with E-state index in [1.165, 1.54) is 0 Å². The Balaban J connectivity index is 2.27. The Morgan fingerprint density at radius 2 is 1.96 bits per heavy atom. The van der Waals surface area contributed by atoms with E-state index in [1.807, 2.05) is 43.3 Å². The molecule has 0 radical (unpaired) electrons. The van der Waals surface area contributed by atoms with Crippen molar-refractivity contribution in [2.45, 2.75) is 6.92 Å². The lowest BCUT2D eigenvalue weighted by atomic mass is 10.2. The Kier molecular flexibility index (Phi) is 3.42. The van der Waals surface area contributed by atoms with Gasteiger partial charge < -0.3 is 4.74 Å². The van der Waals surface area contributed by atoms with Crippen LogP contribution in [0.2, 0.25) is 0 Å². The minimum absolute atomic E-state index is 0.154. The molecule has 24 heavy (non-hydrogen) atoms. The molecule has 0 atom stereocenters. The van der Waals surface area contributed by atoms with Gasteiger partial charge in [-0.2, -0.15) is 0 Å². The van der Waals surface area contributed by atoms with Gasteiger partial charge >= 0.3 is 0 Å². The third-order valence-electron chi connectivity index (χ3n) is 4.14. The second-order valence-electron chi connectivity index (χ2n) is 5.52. The van der Waals surface area contributed by atoms with Crippen molar-refractivity contribution in [1.29, 1.82) is 0 Å². The van der Waals surface area contributed by atoms with E-state index in [2.05, 4.69) is 20.9 Å². The first-order chi connectivity index (χ1) is 11.6. The van der Waals surface area contributed by atoms with Gasteiger partial charge in [-0.25, -0.2) is 4.98 Å². The van der Waals surface area contributed by atoms with Gasteiger partial charge in [0.25, 0.3) is 5.56 Å². The number of aromatic nitrogens is 3. The summed E-state index contributed by atoms with van der Waals surface area (Å²) in [4.78, 5) is 17.3. The average Bonchev–Trinajstić information content (AvgIpc) is 3.06. The second-order valence-corrected chi connectivity index (χ2v) is 6.38. The highest BCUT2D eigenvalue weighted by molar-refractivity contribution is 9.10. The number of imidazole rings is 1. The molecule has 0 fully saturated rings. The van der Waals surface area contributed by atoms with Gasteiger partial charge in [0.1, 0.15) is 5.75 Å². The molecule has 0 aliphatic carbocycles. The quantitative estimate of drug-likeness (QED) is 0.529. The number of ether oxygens (including phenoxy) is 1. The summed E-state index contributed by atoms with van der Waals surface area (Å²) in [6.45, 7) is 1.99. The molecule has 0 aliphatic rings. The number of rotatable bonds is 2. The largest absolute Gasteiger partial charge is 0.495 e. The molecular weight excluding hydrogens is 370 g/mol. The van der Waals surface area contributed by atoms with Crippen LogP contribution in [0.5, 0.6) is 5.75 Å². The number of benzene rings is 2. The summed E-state index contributed by atoms with van der Waals surface area (Å²) < 4.78 is 9.70. The Hall–Kier alpha value is -2.60. The molecular formula is C18H14BrN3O2. The summed E-state index contributed by atoms with van der Waals surface area (Å²) in [5.41, 5.74) is 3.73. The summed E-state index contributed by atoms with van der Waals surface area (Å²) in [6, 6.07) is 11.6. The molecule has 0 saturated carbocycles. The van der Waals surface area contributed by atoms with E-state index in [4.69, 9.17) is 4.74 Å². The molecule has 2 aromatic heterocycles. The molecule has 6 heteroatoms. The summed E-state index contributed by atoms with van der Waals surface area (Å²) in [6.07, 6.45) is 3.42. The van der Waals surface area contributed by atoms with Gasteiger partial charge in [0.15, 0.2) is 0 Å². The molecule has 2 aromatic carbocycles. The Morgan fingerprint density at radius 1 is 1.17 bits per heavy atom. The van der Waals surface area contributed by atoms with E-state index in [9.17, 15) is 4.79 Å². The molecule has 5 nitrogen and oxygen atoms in total. The molecule has 0 N–H and O–H groups in total. The number of nitrogens with zero attached hydrogens (tertiary/aromatic N) is 3. The monoisotopic (exact) mass is 383 g/mol. The maximum atomic E-state index is 13.1. The van der Waals surface area contributed by atoms with Gasteiger partial charge in [-0.05, 0) is 40.5 Å². The number of hydrogen-bond donors (Lipinski definition) is 0. The number of halogens is 1. The van der Waals surface area contributed by atoms with Gasteiger partial charge in [0, 0.05) is 18.5 Å². The lowest BCUT2D eigenvalue weighted by molar-refractivity contribution is 0.412. The summed E-state index contributed by atoms with van der Waals surface area (Å²) in [7, 11) is 1.62. The van der Waals surface area contributed by atoms with Crippen molar-refractivity contribution < 1.29 is 4.74 Å². The normalized spacial score (nSPS) is 11.3. The molecule has 0 bridgehead atoms. The van der Waals surface area contributed by atoms with Gasteiger partial charge in [0.05, 0.1) is 28.3 Å². The molecule has 0 aliphatic heterocycles. The zero-order chi connectivity index (χ0) is 16.8. The lowest BCUT2D eigenvalue weighted by Crippen LogP contribution is -2.22. The molecule has 2 heterocycles. The van der Waals surface area contributed by atoms with Gasteiger partial charge in [-0.15, -0.1) is 0 Å². The molecule has 120 valence electrons. The predicted octanol–water partition coefficient (Wildman–Crippen LogP) is 3.72. The zero-order valence-corrected chi connectivity index (χ0v) is 14.7. The van der Waals surface area contributed by atoms with Crippen LogP contribution in [-0.2, 0) is 0 Å². The van der Waals surface area contributed by atoms with Crippen molar-refractivity contribution in [2.75, 3.05) is 7.11 Å². The van der Waals surface area contributed by atoms with Crippen molar-refractivity contribution in [1.82, 2.24) is 14.0 Å². The highest BCUT2D eigenvalue weighted by Gasteiger charge is 2.16. The van der Waals surface area contributed by atoms with Crippen LogP contribution in [0, 0.1) is 6.92 Å². The highest BCUT2D eigenvalue weighted by Crippen LogP contribution is 2.31. The van der Waals surface area contributed by atoms with Crippen molar-refractivity contribution >= 4 is 32.6 Å². The van der Waals surface area contributed by atoms with Crippen LogP contribution in [0.3, 0.4) is 0 Å². The van der Waals surface area contributed by atoms with E-state index < -0.39 is 0 Å². The molecule has 0 spiro atoms. The van der Waals surface area contributed by atoms with Crippen molar-refractivity contribution in [3.63, 3.8) is 0 Å². The SMILES string of the molecule is COc1cc2c(cc1Br)n(-c1ccccc1C)c(=O)c1nccn12. The summed E-state index contributed by atoms with van der Waals surface area (Å²) in [5.74, 6) is 0.701. The Labute approximate surface area is 146 Å². The third-order valence-corrected chi connectivity index (χ3v) is 4.76. The van der Waals surface area contributed by atoms with E-state index >= 15 is 0 Å². The fraction of sp³-hybridized carbons (Fsp3) is 0.111. The van der Waals surface area contributed by atoms with Crippen molar-refractivity contribution in [3.8, 4) is 11.4 Å². The molecule has 0 unspecified atom stereocenters. The smallest absolute Gasteiger partial charge is 0.299 e. The minimum atomic E-state index is -0.154. The van der Waals surface area contributed by atoms with Crippen molar-refractivity contribution in [2.24, 2.45) is 0 Å². The lowest BCUT2D eigenvalue weighted by Gasteiger charge is -2.15. The van der Waals surface area contributed by atoms with Gasteiger partial charge in [-0.1, -0.05) is 18.2 Å². The fourth-order valence-electron chi connectivity index (χ4n) is 2.98. The van der Waals surface area contributed by atoms with E-state index in [0.29, 0.717) is 11.4 Å². The number of methoxy groups -OCH3 is 1. The van der Waals surface area contributed by atoms with Crippen molar-refractivity contribution in [3.05, 3.63) is 69.2 Å². The number of hydrogen-bond acceptors (Lipinski definition) is 3. The second kappa shape index (κ2) is 5.49. The summed E-state index contributed by atoms with van der Waals surface area (Å²) >= 11 is 3.52. The van der Waals surface area contributed by atoms with Crippen LogP contribution in [-0.4, -0.2) is 21.1 Å². The third kappa shape index (κ3) is 2.06. The van der Waals surface area contributed by atoms with E-state index in [0.717, 1.165) is 26.8 Å². The van der Waals surface area contributed by atoms with Crippen LogP contribution in [0.1, 0.15) is 5.56 Å². The number of para-hydroxylation sites is 1. The standard InChI is InChI=1S/C18H14BrN3O2/c1-11-5-3-4-6-13(11)22-15-9-12(19)16(24-2)10-14(15)21-8-7-20-17(21)18(22)23/h3-10H,1-2H3. The predicted molar refractivity (Wildman–Crippen MR) is 97.3 cm³/mol. The first-order valence-corrected chi connectivity index (χ1v) is 8.22. The van der Waals surface area contributed by atoms with E-state index in [1.54, 1.807) is 28.5 Å². The minimum Gasteiger partial charge on any atom is -0.495 e. The first-order valence-electron chi connectivity index (χ1n) is 7.43. The fourth-order valence-corrected chi connectivity index (χ4v) is 3.47. The van der Waals surface area contributed by atoms with Crippen LogP contribution < -0.4 is 10.3 Å². The maximum Gasteiger partial charge on any atom is 0.299 e. The van der Waals surface area contributed by atoms with Gasteiger partial charge in [0.2, 0.25) is 5.65 Å². The number of fused-ring (bicyclic) bond motifs is 3. The zero-order valence-electron chi connectivity index (χ0n) is 13.2. The Bertz CT molecular complexity index is 1140. The average molecular weight is 384 g/mol. The van der Waals surface area contributed by atoms with Crippen LogP contribution >= 0.6 is 15.9 Å².